The molecule has 1 fully saturated rings. The topological polar surface area (TPSA) is 126 Å². The number of rotatable bonds is 6. The lowest BCUT2D eigenvalue weighted by molar-refractivity contribution is 0.0580. The van der Waals surface area contributed by atoms with Crippen LogP contribution in [0.1, 0.15) is 49.9 Å². The van der Waals surface area contributed by atoms with E-state index < -0.39 is 29.0 Å². The van der Waals surface area contributed by atoms with Crippen molar-refractivity contribution in [3.05, 3.63) is 55.8 Å². The molecule has 0 saturated heterocycles. The maximum Gasteiger partial charge on any atom is 0.352 e. The molecule has 0 spiro atoms. The molecule has 1 unspecified atom stereocenters. The van der Waals surface area contributed by atoms with Crippen LogP contribution in [0.3, 0.4) is 0 Å². The highest BCUT2D eigenvalue weighted by molar-refractivity contribution is 6.33. The smallest absolute Gasteiger partial charge is 0.352 e. The highest BCUT2D eigenvalue weighted by Crippen LogP contribution is 2.27. The van der Waals surface area contributed by atoms with Gasteiger partial charge in [-0.05, 0) is 44.9 Å². The van der Waals surface area contributed by atoms with Gasteiger partial charge in [0, 0.05) is 5.92 Å². The van der Waals surface area contributed by atoms with E-state index in [0.29, 0.717) is 0 Å². The highest BCUT2D eigenvalue weighted by atomic mass is 35.5. The summed E-state index contributed by atoms with van der Waals surface area (Å²) < 4.78 is 1.82. The fourth-order valence-electron chi connectivity index (χ4n) is 3.57. The summed E-state index contributed by atoms with van der Waals surface area (Å²) in [4.78, 5) is 37.5. The number of aromatic nitrogens is 3. The largest absolute Gasteiger partial charge is 0.389 e. The van der Waals surface area contributed by atoms with Gasteiger partial charge in [0.1, 0.15) is 12.4 Å². The first-order chi connectivity index (χ1) is 14.1. The predicted molar refractivity (Wildman–Crippen MR) is 111 cm³/mol. The second kappa shape index (κ2) is 8.71. The quantitative estimate of drug-likeness (QED) is 0.581. The molecule has 162 valence electrons. The molecular weight excluding hydrogens is 412 g/mol. The number of hydrogen-bond acceptors (Lipinski definition) is 6. The maximum absolute atomic E-state index is 12.8. The van der Waals surface area contributed by atoms with Crippen LogP contribution in [0.5, 0.6) is 0 Å². The molecule has 0 aliphatic heterocycles. The Bertz CT molecular complexity index is 1050. The van der Waals surface area contributed by atoms with Crippen LogP contribution in [-0.4, -0.2) is 42.3 Å². The zero-order chi connectivity index (χ0) is 22.1. The zero-order valence-corrected chi connectivity index (χ0v) is 17.6. The van der Waals surface area contributed by atoms with E-state index in [-0.39, 0.29) is 28.7 Å². The molecule has 1 saturated carbocycles. The summed E-state index contributed by atoms with van der Waals surface area (Å²) in [5.41, 5.74) is -2.41. The number of carbonyl (C=O) groups excluding carboxylic acids is 1. The Balaban J connectivity index is 1.93. The molecule has 3 N–H and O–H groups in total. The second-order valence-corrected chi connectivity index (χ2v) is 8.61. The van der Waals surface area contributed by atoms with E-state index in [1.165, 1.54) is 32.0 Å². The Morgan fingerprint density at radius 3 is 2.63 bits per heavy atom. The van der Waals surface area contributed by atoms with Crippen molar-refractivity contribution in [3.8, 4) is 5.69 Å². The summed E-state index contributed by atoms with van der Waals surface area (Å²) in [6.45, 7) is 2.73. The number of nitrogens with zero attached hydrogens (tertiary/aromatic N) is 3. The van der Waals surface area contributed by atoms with Crippen LogP contribution in [0.2, 0.25) is 5.02 Å². The summed E-state index contributed by atoms with van der Waals surface area (Å²) in [5.74, 6) is -0.565. The van der Waals surface area contributed by atoms with Crippen molar-refractivity contribution >= 4 is 17.5 Å². The van der Waals surface area contributed by atoms with Crippen molar-refractivity contribution in [2.75, 3.05) is 0 Å². The third kappa shape index (κ3) is 4.97. The molecular formula is C20H25ClN4O5. The molecule has 30 heavy (non-hydrogen) atoms. The lowest BCUT2D eigenvalue weighted by atomic mass is 10.1. The predicted octanol–water partition coefficient (Wildman–Crippen LogP) is 1.06. The molecule has 1 aliphatic rings. The van der Waals surface area contributed by atoms with Crippen molar-refractivity contribution in [1.82, 2.24) is 19.7 Å². The van der Waals surface area contributed by atoms with Gasteiger partial charge in [-0.1, -0.05) is 24.4 Å². The minimum Gasteiger partial charge on any atom is -0.389 e. The summed E-state index contributed by atoms with van der Waals surface area (Å²) in [5, 5.41) is 26.8. The lowest BCUT2D eigenvalue weighted by Gasteiger charge is -2.20. The Kier molecular flexibility index (Phi) is 6.44. The summed E-state index contributed by atoms with van der Waals surface area (Å²) >= 11 is 6.17. The van der Waals surface area contributed by atoms with Crippen LogP contribution < -0.4 is 16.6 Å². The zero-order valence-electron chi connectivity index (χ0n) is 16.8. The first-order valence-electron chi connectivity index (χ1n) is 9.77. The van der Waals surface area contributed by atoms with E-state index in [1.807, 2.05) is 0 Å². The summed E-state index contributed by atoms with van der Waals surface area (Å²) in [6.07, 6.45) is 3.71. The summed E-state index contributed by atoms with van der Waals surface area (Å²) in [6, 6.07) is 4.29. The van der Waals surface area contributed by atoms with Gasteiger partial charge in [-0.25, -0.2) is 4.79 Å². The van der Waals surface area contributed by atoms with E-state index in [0.717, 1.165) is 41.1 Å². The number of carbonyl (C=O) groups is 1. The molecule has 2 aromatic rings. The number of benzene rings is 1. The van der Waals surface area contributed by atoms with Gasteiger partial charge in [-0.2, -0.15) is 9.78 Å². The minimum atomic E-state index is -1.29. The molecule has 0 bridgehead atoms. The normalized spacial score (nSPS) is 15.9. The molecule has 1 atom stereocenters. The van der Waals surface area contributed by atoms with E-state index in [2.05, 4.69) is 10.4 Å². The number of aliphatic hydroxyl groups is 2. The van der Waals surface area contributed by atoms with E-state index in [9.17, 15) is 24.6 Å². The fourth-order valence-corrected chi connectivity index (χ4v) is 3.77. The number of nitrogens with one attached hydrogen (secondary N) is 1. The highest BCUT2D eigenvalue weighted by Gasteiger charge is 2.26. The number of amides is 1. The van der Waals surface area contributed by atoms with Gasteiger partial charge in [0.05, 0.1) is 28.4 Å². The van der Waals surface area contributed by atoms with Gasteiger partial charge in [0.2, 0.25) is 0 Å². The second-order valence-electron chi connectivity index (χ2n) is 8.20. The van der Waals surface area contributed by atoms with Gasteiger partial charge in [-0.15, -0.1) is 0 Å². The lowest BCUT2D eigenvalue weighted by Crippen LogP contribution is -2.45. The third-order valence-corrected chi connectivity index (χ3v) is 5.40. The SMILES string of the molecule is CC(C)(O)Cn1c(=O)cnn(-c2ccc(Cl)c(C(=O)NC(O)C3CCCC3)c2)c1=O. The molecule has 1 aromatic carbocycles. The first kappa shape index (κ1) is 22.2. The van der Waals surface area contributed by atoms with Crippen molar-refractivity contribution in [3.63, 3.8) is 0 Å². The van der Waals surface area contributed by atoms with Crippen molar-refractivity contribution in [2.45, 2.75) is 57.9 Å². The van der Waals surface area contributed by atoms with Crippen LogP contribution in [0.15, 0.2) is 34.0 Å². The minimum absolute atomic E-state index is 0.00517. The summed E-state index contributed by atoms with van der Waals surface area (Å²) in [7, 11) is 0. The molecule has 9 nitrogen and oxygen atoms in total. The Labute approximate surface area is 177 Å². The third-order valence-electron chi connectivity index (χ3n) is 5.07. The standard InChI is InChI=1S/C20H25ClN4O5/c1-20(2,30)11-24-16(26)10-22-25(19(24)29)13-7-8-15(21)14(9-13)18(28)23-17(27)12-5-3-4-6-12/h7-10,12,17,27,30H,3-6,11H2,1-2H3,(H,23,28). The number of aliphatic hydroxyl groups excluding tert-OH is 1. The van der Waals surface area contributed by atoms with Crippen molar-refractivity contribution in [1.29, 1.82) is 0 Å². The first-order valence-corrected chi connectivity index (χ1v) is 10.1. The molecule has 0 radical (unpaired) electrons. The Hall–Kier alpha value is -2.49. The monoisotopic (exact) mass is 436 g/mol. The van der Waals surface area contributed by atoms with E-state index >= 15 is 0 Å². The van der Waals surface area contributed by atoms with Crippen LogP contribution in [0.25, 0.3) is 5.69 Å². The maximum atomic E-state index is 12.8. The van der Waals surface area contributed by atoms with Crippen LogP contribution in [0, 0.1) is 5.92 Å². The Morgan fingerprint density at radius 2 is 2.00 bits per heavy atom. The van der Waals surface area contributed by atoms with Crippen LogP contribution in [0.4, 0.5) is 0 Å². The molecule has 1 heterocycles. The van der Waals surface area contributed by atoms with Crippen molar-refractivity contribution in [2.24, 2.45) is 5.92 Å². The molecule has 1 amide bonds. The van der Waals surface area contributed by atoms with E-state index in [1.54, 1.807) is 0 Å². The van der Waals surface area contributed by atoms with Gasteiger partial charge in [0.15, 0.2) is 0 Å². The Morgan fingerprint density at radius 1 is 1.33 bits per heavy atom. The molecule has 1 aromatic heterocycles. The van der Waals surface area contributed by atoms with Crippen molar-refractivity contribution < 1.29 is 15.0 Å². The van der Waals surface area contributed by atoms with E-state index in [4.69, 9.17) is 11.6 Å². The fraction of sp³-hybridized carbons (Fsp3) is 0.500. The number of halogens is 1. The van der Waals surface area contributed by atoms with Gasteiger partial charge in [-0.3, -0.25) is 14.2 Å². The van der Waals surface area contributed by atoms with Gasteiger partial charge < -0.3 is 15.5 Å². The van der Waals surface area contributed by atoms with Gasteiger partial charge in [0.25, 0.3) is 11.5 Å². The van der Waals surface area contributed by atoms with Gasteiger partial charge >= 0.3 is 5.69 Å². The average Bonchev–Trinajstić information content (AvgIpc) is 3.20. The average molecular weight is 437 g/mol. The molecule has 1 aliphatic carbocycles. The number of hydrogen-bond donors (Lipinski definition) is 3. The van der Waals surface area contributed by atoms with Crippen LogP contribution in [-0.2, 0) is 6.54 Å². The van der Waals surface area contributed by atoms with Crippen LogP contribution >= 0.6 is 11.6 Å². The molecule has 10 heteroatoms. The molecule has 3 rings (SSSR count).